The van der Waals surface area contributed by atoms with Crippen LogP contribution >= 0.6 is 11.3 Å². The number of pyridine rings is 1. The molecule has 2 heterocycles. The van der Waals surface area contributed by atoms with Gasteiger partial charge in [-0.1, -0.05) is 12.1 Å². The number of benzene rings is 1. The first kappa shape index (κ1) is 19.9. The third-order valence-corrected chi connectivity index (χ3v) is 4.57. The van der Waals surface area contributed by atoms with Gasteiger partial charge in [0.15, 0.2) is 11.4 Å². The van der Waals surface area contributed by atoms with E-state index in [1.807, 2.05) is 20.8 Å². The molecule has 3 rings (SSSR count). The van der Waals surface area contributed by atoms with Gasteiger partial charge < -0.3 is 15.2 Å². The van der Waals surface area contributed by atoms with Gasteiger partial charge in [0, 0.05) is 34.3 Å². The Balaban J connectivity index is 2.03. The van der Waals surface area contributed by atoms with E-state index in [-0.39, 0.29) is 11.8 Å². The maximum absolute atomic E-state index is 11.1. The molecule has 0 saturated carbocycles. The summed E-state index contributed by atoms with van der Waals surface area (Å²) in [5, 5.41) is 25.3. The number of aliphatic hydroxyl groups is 1. The first-order valence-corrected chi connectivity index (χ1v) is 9.43. The Hall–Kier alpha value is -2.88. The number of non-ortho nitro benzene ring substituents is 1. The van der Waals surface area contributed by atoms with Crippen molar-refractivity contribution >= 4 is 28.0 Å². The molecule has 0 amide bonds. The number of hydrogen-bond acceptors (Lipinski definition) is 8. The summed E-state index contributed by atoms with van der Waals surface area (Å²) in [6.07, 6.45) is 0.413. The number of nitro benzene ring substituents is 1. The van der Waals surface area contributed by atoms with Crippen LogP contribution in [0.25, 0.3) is 11.3 Å². The minimum Gasteiger partial charge on any atom is -0.364 e. The first-order chi connectivity index (χ1) is 13.3. The molecular formula is C19H20N4O4S. The average molecular weight is 400 g/mol. The van der Waals surface area contributed by atoms with Crippen LogP contribution in [0.2, 0.25) is 0 Å². The number of thiazole rings is 1. The van der Waals surface area contributed by atoms with Crippen LogP contribution in [0.1, 0.15) is 30.6 Å². The van der Waals surface area contributed by atoms with Gasteiger partial charge in [0.25, 0.3) is 5.69 Å². The summed E-state index contributed by atoms with van der Waals surface area (Å²) >= 11 is 1.47. The van der Waals surface area contributed by atoms with Crippen LogP contribution < -0.4 is 5.32 Å². The van der Waals surface area contributed by atoms with Gasteiger partial charge >= 0.3 is 0 Å². The number of nitro groups is 1. The lowest BCUT2D eigenvalue weighted by Crippen LogP contribution is -2.11. The van der Waals surface area contributed by atoms with E-state index >= 15 is 0 Å². The third kappa shape index (κ3) is 4.89. The largest absolute Gasteiger partial charge is 0.364 e. The molecule has 28 heavy (non-hydrogen) atoms. The number of aliphatic hydroxyl groups excluding tert-OH is 1. The Kier molecular flexibility index (Phi) is 5.98. The second-order valence-electron chi connectivity index (χ2n) is 6.42. The maximum Gasteiger partial charge on any atom is 0.270 e. The van der Waals surface area contributed by atoms with Gasteiger partial charge in [-0.2, -0.15) is 0 Å². The Morgan fingerprint density at radius 1 is 1.29 bits per heavy atom. The summed E-state index contributed by atoms with van der Waals surface area (Å²) < 4.78 is 5.48. The van der Waals surface area contributed by atoms with Crippen molar-refractivity contribution in [3.8, 4) is 11.3 Å². The number of rotatable bonds is 7. The summed E-state index contributed by atoms with van der Waals surface area (Å²) in [5.41, 5.74) is 1.49. The molecule has 0 bridgehead atoms. The van der Waals surface area contributed by atoms with Gasteiger partial charge in [0.05, 0.1) is 16.7 Å². The molecule has 2 aromatic heterocycles. The fraction of sp³-hybridized carbons (Fsp3) is 0.263. The van der Waals surface area contributed by atoms with Gasteiger partial charge in [-0.3, -0.25) is 10.1 Å². The van der Waals surface area contributed by atoms with Crippen molar-refractivity contribution in [2.24, 2.45) is 0 Å². The highest BCUT2D eigenvalue weighted by Crippen LogP contribution is 2.30. The lowest BCUT2D eigenvalue weighted by atomic mass is 10.1. The molecule has 1 unspecified atom stereocenters. The number of nitrogens with zero attached hydrogens (tertiary/aromatic N) is 3. The number of aryl methyl sites for hydroxylation is 1. The van der Waals surface area contributed by atoms with Gasteiger partial charge in [-0.05, 0) is 32.9 Å². The molecule has 0 spiro atoms. The predicted octanol–water partition coefficient (Wildman–Crippen LogP) is 4.58. The Morgan fingerprint density at radius 3 is 2.71 bits per heavy atom. The van der Waals surface area contributed by atoms with Crippen LogP contribution in [0.4, 0.5) is 16.6 Å². The van der Waals surface area contributed by atoms with Crippen molar-refractivity contribution < 1.29 is 14.8 Å². The summed E-state index contributed by atoms with van der Waals surface area (Å²) in [5.74, 6) is 0.458. The monoisotopic (exact) mass is 400 g/mol. The van der Waals surface area contributed by atoms with Crippen LogP contribution in [0, 0.1) is 17.0 Å². The molecule has 0 aliphatic carbocycles. The molecule has 9 heteroatoms. The number of nitrogens with one attached hydrogen (secondary N) is 1. The van der Waals surface area contributed by atoms with Crippen molar-refractivity contribution in [2.75, 3.05) is 5.32 Å². The molecule has 1 atom stereocenters. The fourth-order valence-electron chi connectivity index (χ4n) is 2.54. The molecule has 0 saturated heterocycles. The van der Waals surface area contributed by atoms with Crippen molar-refractivity contribution in [1.82, 2.24) is 9.97 Å². The lowest BCUT2D eigenvalue weighted by Gasteiger charge is -2.17. The number of anilines is 2. The van der Waals surface area contributed by atoms with Crippen LogP contribution in [0.3, 0.4) is 0 Å². The van der Waals surface area contributed by atoms with E-state index in [1.54, 1.807) is 30.5 Å². The second-order valence-corrected chi connectivity index (χ2v) is 7.65. The van der Waals surface area contributed by atoms with Crippen LogP contribution in [-0.4, -0.2) is 26.1 Å². The summed E-state index contributed by atoms with van der Waals surface area (Å²) in [6, 6.07) is 9.52. The lowest BCUT2D eigenvalue weighted by molar-refractivity contribution is -0.384. The molecule has 0 fully saturated rings. The fourth-order valence-corrected chi connectivity index (χ4v) is 3.21. The van der Waals surface area contributed by atoms with E-state index in [1.165, 1.54) is 23.5 Å². The summed E-state index contributed by atoms with van der Waals surface area (Å²) in [4.78, 5) is 20.5. The van der Waals surface area contributed by atoms with Crippen LogP contribution in [0.5, 0.6) is 0 Å². The summed E-state index contributed by atoms with van der Waals surface area (Å²) in [6.45, 7) is 5.59. The molecule has 8 nitrogen and oxygen atoms in total. The SMILES string of the molecule is Cc1cnc(Nc2cc(C(O)OC(C)C)cc(-c3cccc([N+](=O)[O-])c3)n2)s1. The maximum atomic E-state index is 11.1. The van der Waals surface area contributed by atoms with Crippen molar-refractivity contribution in [3.05, 3.63) is 63.1 Å². The number of hydrogen-bond donors (Lipinski definition) is 2. The van der Waals surface area contributed by atoms with Crippen molar-refractivity contribution in [2.45, 2.75) is 33.2 Å². The molecule has 0 radical (unpaired) electrons. The molecule has 146 valence electrons. The summed E-state index contributed by atoms with van der Waals surface area (Å²) in [7, 11) is 0. The predicted molar refractivity (Wildman–Crippen MR) is 108 cm³/mol. The van der Waals surface area contributed by atoms with Gasteiger partial charge in [-0.15, -0.1) is 11.3 Å². The first-order valence-electron chi connectivity index (χ1n) is 8.61. The van der Waals surface area contributed by atoms with Crippen molar-refractivity contribution in [1.29, 1.82) is 0 Å². The van der Waals surface area contributed by atoms with E-state index in [0.29, 0.717) is 27.8 Å². The molecule has 3 aromatic rings. The highest BCUT2D eigenvalue weighted by Gasteiger charge is 2.16. The van der Waals surface area contributed by atoms with Gasteiger partial charge in [0.2, 0.25) is 0 Å². The minimum atomic E-state index is -1.15. The topological polar surface area (TPSA) is 110 Å². The average Bonchev–Trinajstić information content (AvgIpc) is 3.05. The standard InChI is InChI=1S/C19H20N4O4S/c1-11(2)27-18(24)14-8-16(13-5-4-6-15(7-13)23(25)26)21-17(9-14)22-19-20-10-12(3)28-19/h4-11,18,24H,1-3H3,(H,20,21,22). The Bertz CT molecular complexity index is 990. The zero-order chi connectivity index (χ0) is 20.3. The van der Waals surface area contributed by atoms with E-state index in [0.717, 1.165) is 4.88 Å². The van der Waals surface area contributed by atoms with Crippen LogP contribution in [-0.2, 0) is 4.74 Å². The molecule has 0 aliphatic rings. The third-order valence-electron chi connectivity index (χ3n) is 3.74. The van der Waals surface area contributed by atoms with Gasteiger partial charge in [0.1, 0.15) is 5.82 Å². The molecule has 1 aromatic carbocycles. The zero-order valence-corrected chi connectivity index (χ0v) is 16.4. The Labute approximate surface area is 166 Å². The van der Waals surface area contributed by atoms with Crippen LogP contribution in [0.15, 0.2) is 42.6 Å². The highest BCUT2D eigenvalue weighted by molar-refractivity contribution is 7.15. The van der Waals surface area contributed by atoms with E-state index < -0.39 is 11.2 Å². The van der Waals surface area contributed by atoms with E-state index in [2.05, 4.69) is 15.3 Å². The van der Waals surface area contributed by atoms with E-state index in [4.69, 9.17) is 4.74 Å². The zero-order valence-electron chi connectivity index (χ0n) is 15.6. The minimum absolute atomic E-state index is 0.0336. The number of ether oxygens (including phenoxy) is 1. The van der Waals surface area contributed by atoms with Crippen molar-refractivity contribution in [3.63, 3.8) is 0 Å². The molecule has 0 aliphatic heterocycles. The molecule has 2 N–H and O–H groups in total. The number of aromatic nitrogens is 2. The Morgan fingerprint density at radius 2 is 2.07 bits per heavy atom. The van der Waals surface area contributed by atoms with E-state index in [9.17, 15) is 15.2 Å². The highest BCUT2D eigenvalue weighted by atomic mass is 32.1. The molecular weight excluding hydrogens is 380 g/mol. The van der Waals surface area contributed by atoms with Gasteiger partial charge in [-0.25, -0.2) is 9.97 Å². The normalized spacial score (nSPS) is 12.2. The second kappa shape index (κ2) is 8.42. The quantitative estimate of drug-likeness (QED) is 0.339. The smallest absolute Gasteiger partial charge is 0.270 e.